The van der Waals surface area contributed by atoms with E-state index >= 15 is 0 Å². The molecule has 0 aliphatic carbocycles. The Bertz CT molecular complexity index is 311. The van der Waals surface area contributed by atoms with Crippen LogP contribution in [-0.2, 0) is 0 Å². The number of benzene rings is 2. The van der Waals surface area contributed by atoms with Crippen LogP contribution in [0, 0.1) is 6.07 Å². The van der Waals surface area contributed by atoms with E-state index in [0.29, 0.717) is 0 Å². The summed E-state index contributed by atoms with van der Waals surface area (Å²) in [6.45, 7) is 0. The molecule has 15 heavy (non-hydrogen) atoms. The van der Waals surface area contributed by atoms with Crippen molar-refractivity contribution in [3.05, 3.63) is 60.7 Å². The molecule has 0 fully saturated rings. The predicted octanol–water partition coefficient (Wildman–Crippen LogP) is 0.355. The Balaban J connectivity index is 0. The summed E-state index contributed by atoms with van der Waals surface area (Å²) in [5.74, 6) is 0. The SMILES string of the molecule is Br.[Br-].[Mg+2].[c-]1ccc(-c2ccccc2)cc1. The fourth-order valence-corrected chi connectivity index (χ4v) is 1.21. The summed E-state index contributed by atoms with van der Waals surface area (Å²) in [4.78, 5) is 0. The second-order valence-corrected chi connectivity index (χ2v) is 2.65. The van der Waals surface area contributed by atoms with Crippen molar-refractivity contribution in [2.75, 3.05) is 0 Å². The maximum atomic E-state index is 3.00. The maximum absolute atomic E-state index is 3.00. The molecule has 0 radical (unpaired) electrons. The fraction of sp³-hybridized carbons (Fsp3) is 0. The molecule has 0 nitrogen and oxygen atoms in total. The van der Waals surface area contributed by atoms with Gasteiger partial charge in [-0.2, -0.15) is 30.3 Å². The van der Waals surface area contributed by atoms with Crippen LogP contribution in [-0.4, -0.2) is 23.1 Å². The molecule has 74 valence electrons. The molecule has 2 aromatic rings. The minimum atomic E-state index is 0. The molecule has 0 heterocycles. The third-order valence-electron chi connectivity index (χ3n) is 1.83. The minimum Gasteiger partial charge on any atom is -1.00 e. The van der Waals surface area contributed by atoms with E-state index in [9.17, 15) is 0 Å². The third kappa shape index (κ3) is 5.16. The molecule has 3 heteroatoms. The van der Waals surface area contributed by atoms with E-state index in [2.05, 4.69) is 30.3 Å². The number of hydrogen-bond donors (Lipinski definition) is 0. The Morgan fingerprint density at radius 3 is 1.73 bits per heavy atom. The van der Waals surface area contributed by atoms with Gasteiger partial charge in [0.2, 0.25) is 0 Å². The molecule has 0 N–H and O–H groups in total. The summed E-state index contributed by atoms with van der Waals surface area (Å²) in [6, 6.07) is 21.3. The Morgan fingerprint density at radius 1 is 0.733 bits per heavy atom. The van der Waals surface area contributed by atoms with E-state index in [-0.39, 0.29) is 57.0 Å². The van der Waals surface area contributed by atoms with E-state index in [0.717, 1.165) is 0 Å². The van der Waals surface area contributed by atoms with Gasteiger partial charge in [0.25, 0.3) is 0 Å². The van der Waals surface area contributed by atoms with Gasteiger partial charge in [-0.3, -0.25) is 0 Å². The summed E-state index contributed by atoms with van der Waals surface area (Å²) in [6.07, 6.45) is 0. The second-order valence-electron chi connectivity index (χ2n) is 2.65. The van der Waals surface area contributed by atoms with Crippen LogP contribution in [0.3, 0.4) is 0 Å². The van der Waals surface area contributed by atoms with Gasteiger partial charge in [-0.05, 0) is 5.56 Å². The summed E-state index contributed by atoms with van der Waals surface area (Å²) >= 11 is 0. The minimum absolute atomic E-state index is 0. The van der Waals surface area contributed by atoms with Crippen LogP contribution < -0.4 is 17.0 Å². The number of hydrogen-bond acceptors (Lipinski definition) is 0. The summed E-state index contributed by atoms with van der Waals surface area (Å²) in [5.41, 5.74) is 2.50. The van der Waals surface area contributed by atoms with Gasteiger partial charge in [-0.25, -0.2) is 0 Å². The molecule has 0 unspecified atom stereocenters. The van der Waals surface area contributed by atoms with Gasteiger partial charge in [0.15, 0.2) is 0 Å². The second kappa shape index (κ2) is 9.40. The Kier molecular flexibility index (Phi) is 11.0. The summed E-state index contributed by atoms with van der Waals surface area (Å²) in [5, 5.41) is 0. The van der Waals surface area contributed by atoms with E-state index in [1.807, 2.05) is 30.3 Å². The van der Waals surface area contributed by atoms with Crippen molar-refractivity contribution in [3.63, 3.8) is 0 Å². The van der Waals surface area contributed by atoms with Crippen molar-refractivity contribution in [2.45, 2.75) is 0 Å². The molecule has 0 bridgehead atoms. The standard InChI is InChI=1S/C12H9.2BrH.Mg/c1-3-7-11(8-4-1)12-9-5-2-6-10-12;;;/h1,3-10H;2*1H;/q-1;;;+2/p-1. The third-order valence-corrected chi connectivity index (χ3v) is 1.83. The maximum Gasteiger partial charge on any atom is 2.00 e. The Labute approximate surface area is 128 Å². The van der Waals surface area contributed by atoms with Crippen molar-refractivity contribution >= 4 is 40.0 Å². The first-order chi connectivity index (χ1) is 5.97. The smallest absolute Gasteiger partial charge is 1.00 e. The van der Waals surface area contributed by atoms with E-state index in [1.54, 1.807) is 0 Å². The first-order valence-corrected chi connectivity index (χ1v) is 3.98. The molecule has 2 aromatic carbocycles. The molecule has 0 spiro atoms. The van der Waals surface area contributed by atoms with Gasteiger partial charge in [0, 0.05) is 0 Å². The van der Waals surface area contributed by atoms with Crippen molar-refractivity contribution in [1.29, 1.82) is 0 Å². The Hall–Kier alpha value is 0.166. The zero-order valence-corrected chi connectivity index (χ0v) is 12.9. The zero-order chi connectivity index (χ0) is 8.23. The predicted molar refractivity (Wildman–Crippen MR) is 66.8 cm³/mol. The van der Waals surface area contributed by atoms with Crippen molar-refractivity contribution in [3.8, 4) is 11.1 Å². The van der Waals surface area contributed by atoms with Crippen molar-refractivity contribution in [2.24, 2.45) is 0 Å². The molecule has 0 aromatic heterocycles. The Morgan fingerprint density at radius 2 is 1.20 bits per heavy atom. The van der Waals surface area contributed by atoms with Gasteiger partial charge >= 0.3 is 23.1 Å². The molecule has 0 aliphatic heterocycles. The molecule has 0 saturated heterocycles. The average molecular weight is 338 g/mol. The first kappa shape index (κ1) is 17.6. The van der Waals surface area contributed by atoms with Crippen LogP contribution in [0.5, 0.6) is 0 Å². The van der Waals surface area contributed by atoms with E-state index < -0.39 is 0 Å². The summed E-state index contributed by atoms with van der Waals surface area (Å²) in [7, 11) is 0. The van der Waals surface area contributed by atoms with Crippen LogP contribution in [0.2, 0.25) is 0 Å². The molecule has 0 atom stereocenters. The molecule has 0 aliphatic rings. The average Bonchev–Trinajstić information content (AvgIpc) is 2.21. The summed E-state index contributed by atoms with van der Waals surface area (Å²) < 4.78 is 0. The van der Waals surface area contributed by atoms with Gasteiger partial charge in [-0.15, -0.1) is 22.5 Å². The normalized spacial score (nSPS) is 7.73. The molecule has 2 rings (SSSR count). The monoisotopic (exact) mass is 336 g/mol. The van der Waals surface area contributed by atoms with Crippen LogP contribution in [0.15, 0.2) is 54.6 Å². The van der Waals surface area contributed by atoms with Crippen LogP contribution in [0.25, 0.3) is 11.1 Å². The van der Waals surface area contributed by atoms with Crippen LogP contribution in [0.4, 0.5) is 0 Å². The topological polar surface area (TPSA) is 0 Å². The van der Waals surface area contributed by atoms with Gasteiger partial charge in [0.05, 0.1) is 0 Å². The van der Waals surface area contributed by atoms with Crippen molar-refractivity contribution in [1.82, 2.24) is 0 Å². The zero-order valence-electron chi connectivity index (χ0n) is 8.19. The quantitative estimate of drug-likeness (QED) is 0.520. The molecule has 0 amide bonds. The number of halogens is 2. The first-order valence-electron chi connectivity index (χ1n) is 3.98. The van der Waals surface area contributed by atoms with E-state index in [1.165, 1.54) is 11.1 Å². The largest absolute Gasteiger partial charge is 2.00 e. The number of rotatable bonds is 1. The van der Waals surface area contributed by atoms with Gasteiger partial charge < -0.3 is 17.0 Å². The molecular weight excluding hydrogens is 328 g/mol. The van der Waals surface area contributed by atoms with Crippen LogP contribution >= 0.6 is 17.0 Å². The van der Waals surface area contributed by atoms with Crippen LogP contribution in [0.1, 0.15) is 0 Å². The van der Waals surface area contributed by atoms with Crippen molar-refractivity contribution < 1.29 is 17.0 Å². The van der Waals surface area contributed by atoms with E-state index in [4.69, 9.17) is 0 Å². The molecule has 0 saturated carbocycles. The molecular formula is C12H10Br2Mg. The fourth-order valence-electron chi connectivity index (χ4n) is 1.21. The van der Waals surface area contributed by atoms with Gasteiger partial charge in [0.1, 0.15) is 0 Å². The van der Waals surface area contributed by atoms with Gasteiger partial charge in [-0.1, -0.05) is 30.3 Å².